The zero-order valence-electron chi connectivity index (χ0n) is 11.3. The Morgan fingerprint density at radius 2 is 1.50 bits per heavy atom. The van der Waals surface area contributed by atoms with E-state index in [1.165, 1.54) is 0 Å². The summed E-state index contributed by atoms with van der Waals surface area (Å²) < 4.78 is 15.4. The lowest BCUT2D eigenvalue weighted by atomic mass is 10.6. The van der Waals surface area contributed by atoms with Crippen molar-refractivity contribution in [1.29, 1.82) is 0 Å². The average molecular weight is 265 g/mol. The van der Waals surface area contributed by atoms with E-state index in [0.717, 1.165) is 19.6 Å². The molecule has 0 saturated heterocycles. The summed E-state index contributed by atoms with van der Waals surface area (Å²) in [6, 6.07) is 0. The first kappa shape index (κ1) is 17.7. The summed E-state index contributed by atoms with van der Waals surface area (Å²) in [4.78, 5) is 5.15. The Bertz CT molecular complexity index is 136. The molecule has 0 saturated carbocycles. The van der Waals surface area contributed by atoms with Crippen LogP contribution >= 0.6 is 0 Å². The van der Waals surface area contributed by atoms with Crippen molar-refractivity contribution in [2.24, 2.45) is 5.73 Å². The first-order valence-corrected chi connectivity index (χ1v) is 6.31. The molecule has 0 atom stereocenters. The first-order chi connectivity index (χ1) is 8.91. The number of methoxy groups -OCH3 is 1. The third-order valence-electron chi connectivity index (χ3n) is 1.96. The second-order valence-electron chi connectivity index (χ2n) is 3.50. The lowest BCUT2D eigenvalue weighted by Crippen LogP contribution is -2.31. The Morgan fingerprint density at radius 1 is 0.833 bits per heavy atom. The molecule has 0 bridgehead atoms. The van der Waals surface area contributed by atoms with Crippen molar-refractivity contribution >= 4 is 0 Å². The molecule has 0 aliphatic rings. The molecule has 0 heterocycles. The fourth-order valence-electron chi connectivity index (χ4n) is 1.08. The van der Waals surface area contributed by atoms with Crippen molar-refractivity contribution in [2.45, 2.75) is 0 Å². The average Bonchev–Trinajstić information content (AvgIpc) is 2.39. The summed E-state index contributed by atoms with van der Waals surface area (Å²) in [6.45, 7) is 6.52. The molecule has 0 amide bonds. The van der Waals surface area contributed by atoms with Crippen molar-refractivity contribution in [3.8, 4) is 0 Å². The maximum absolute atomic E-state index is 5.33. The molecule has 0 aliphatic carbocycles. The maximum atomic E-state index is 5.33. The normalized spacial score (nSPS) is 11.0. The molecule has 0 fully saturated rings. The summed E-state index contributed by atoms with van der Waals surface area (Å²) in [6.07, 6.45) is 0. The largest absolute Gasteiger partial charge is 0.382 e. The number of hydrogen-bond acceptors (Lipinski definition) is 7. The van der Waals surface area contributed by atoms with Crippen LogP contribution in [-0.2, 0) is 19.0 Å². The second kappa shape index (κ2) is 16.7. The number of rotatable bonds is 15. The van der Waals surface area contributed by atoms with Gasteiger partial charge in [-0.05, 0) is 0 Å². The van der Waals surface area contributed by atoms with Gasteiger partial charge in [0.05, 0.1) is 39.6 Å². The van der Waals surface area contributed by atoms with Gasteiger partial charge < -0.3 is 25.3 Å². The lowest BCUT2D eigenvalue weighted by molar-refractivity contribution is -0.0219. The molecule has 7 heteroatoms. The quantitative estimate of drug-likeness (QED) is 0.251. The van der Waals surface area contributed by atoms with Crippen LogP contribution in [0.25, 0.3) is 0 Å². The summed E-state index contributed by atoms with van der Waals surface area (Å²) in [5.74, 6) is 0. The highest BCUT2D eigenvalue weighted by Crippen LogP contribution is 1.80. The van der Waals surface area contributed by atoms with Gasteiger partial charge in [-0.2, -0.15) is 0 Å². The van der Waals surface area contributed by atoms with E-state index in [4.69, 9.17) is 24.8 Å². The molecule has 0 spiro atoms. The highest BCUT2D eigenvalue weighted by atomic mass is 16.7. The van der Waals surface area contributed by atoms with Crippen LogP contribution < -0.4 is 16.5 Å². The molecule has 4 N–H and O–H groups in total. The zero-order valence-corrected chi connectivity index (χ0v) is 11.3. The number of nitrogens with two attached hydrogens (primary N) is 1. The molecule has 18 heavy (non-hydrogen) atoms. The maximum Gasteiger partial charge on any atom is 0.0916 e. The van der Waals surface area contributed by atoms with E-state index < -0.39 is 0 Å². The van der Waals surface area contributed by atoms with Crippen molar-refractivity contribution in [1.82, 2.24) is 10.8 Å². The van der Waals surface area contributed by atoms with Crippen LogP contribution in [0.15, 0.2) is 0 Å². The van der Waals surface area contributed by atoms with Crippen LogP contribution in [0.1, 0.15) is 0 Å². The molecule has 0 aromatic rings. The van der Waals surface area contributed by atoms with Crippen LogP contribution in [0.4, 0.5) is 0 Å². The lowest BCUT2D eigenvalue weighted by Gasteiger charge is -2.07. The smallest absolute Gasteiger partial charge is 0.0916 e. The minimum absolute atomic E-state index is 0.523. The van der Waals surface area contributed by atoms with E-state index in [-0.39, 0.29) is 0 Å². The highest BCUT2D eigenvalue weighted by Gasteiger charge is 1.91. The monoisotopic (exact) mass is 265 g/mol. The Morgan fingerprint density at radius 3 is 2.17 bits per heavy atom. The third kappa shape index (κ3) is 15.7. The fourth-order valence-corrected chi connectivity index (χ4v) is 1.08. The van der Waals surface area contributed by atoms with Crippen molar-refractivity contribution < 1.29 is 19.0 Å². The fraction of sp³-hybridized carbons (Fsp3) is 1.00. The number of ether oxygens (including phenoxy) is 3. The van der Waals surface area contributed by atoms with E-state index in [9.17, 15) is 0 Å². The Hall–Kier alpha value is -0.280. The predicted octanol–water partition coefficient (Wildman–Crippen LogP) is -1.26. The summed E-state index contributed by atoms with van der Waals surface area (Å²) in [5.41, 5.74) is 8.16. The Labute approximate surface area is 109 Å². The molecule has 0 aromatic heterocycles. The minimum Gasteiger partial charge on any atom is -0.382 e. The number of nitrogens with one attached hydrogen (secondary N) is 2. The first-order valence-electron chi connectivity index (χ1n) is 6.31. The predicted molar refractivity (Wildman–Crippen MR) is 69.4 cm³/mol. The minimum atomic E-state index is 0.523. The molecule has 0 unspecified atom stereocenters. The topological polar surface area (TPSA) is 87.0 Å². The third-order valence-corrected chi connectivity index (χ3v) is 1.96. The zero-order chi connectivity index (χ0) is 13.3. The van der Waals surface area contributed by atoms with Gasteiger partial charge in [0.25, 0.3) is 0 Å². The molecular formula is C11H27N3O4. The van der Waals surface area contributed by atoms with E-state index >= 15 is 0 Å². The van der Waals surface area contributed by atoms with Crippen LogP contribution in [0, 0.1) is 0 Å². The van der Waals surface area contributed by atoms with Gasteiger partial charge in [0.2, 0.25) is 0 Å². The SMILES string of the molecule is COCCOCCOCCONCCNCCN. The van der Waals surface area contributed by atoms with E-state index in [2.05, 4.69) is 10.8 Å². The molecule has 110 valence electrons. The molecule has 0 aliphatic heterocycles. The van der Waals surface area contributed by atoms with E-state index in [1.54, 1.807) is 7.11 Å². The van der Waals surface area contributed by atoms with Crippen LogP contribution in [-0.4, -0.2) is 72.9 Å². The van der Waals surface area contributed by atoms with Gasteiger partial charge in [0.15, 0.2) is 0 Å². The molecular weight excluding hydrogens is 238 g/mol. The van der Waals surface area contributed by atoms with Gasteiger partial charge in [-0.3, -0.25) is 4.84 Å². The van der Waals surface area contributed by atoms with Crippen LogP contribution in [0.3, 0.4) is 0 Å². The Balaban J connectivity index is 2.86. The molecule has 0 rings (SSSR count). The molecule has 7 nitrogen and oxygen atoms in total. The number of hydroxylamine groups is 1. The highest BCUT2D eigenvalue weighted by molar-refractivity contribution is 4.46. The van der Waals surface area contributed by atoms with Crippen molar-refractivity contribution in [3.63, 3.8) is 0 Å². The van der Waals surface area contributed by atoms with Gasteiger partial charge in [-0.25, -0.2) is 5.48 Å². The Kier molecular flexibility index (Phi) is 16.5. The van der Waals surface area contributed by atoms with Gasteiger partial charge in [-0.1, -0.05) is 0 Å². The van der Waals surface area contributed by atoms with Gasteiger partial charge in [0, 0.05) is 33.3 Å². The summed E-state index contributed by atoms with van der Waals surface area (Å²) >= 11 is 0. The van der Waals surface area contributed by atoms with E-state index in [1.807, 2.05) is 0 Å². The summed E-state index contributed by atoms with van der Waals surface area (Å²) in [7, 11) is 1.65. The van der Waals surface area contributed by atoms with Crippen molar-refractivity contribution in [2.75, 3.05) is 72.9 Å². The van der Waals surface area contributed by atoms with Crippen LogP contribution in [0.5, 0.6) is 0 Å². The molecule has 0 aromatic carbocycles. The standard InChI is InChI=1S/C11H27N3O4/c1-15-6-7-16-8-9-17-10-11-18-14-5-4-13-3-2-12/h13-14H,2-12H2,1H3. The van der Waals surface area contributed by atoms with Gasteiger partial charge >= 0.3 is 0 Å². The number of hydrogen-bond donors (Lipinski definition) is 3. The van der Waals surface area contributed by atoms with Crippen LogP contribution in [0.2, 0.25) is 0 Å². The van der Waals surface area contributed by atoms with Crippen molar-refractivity contribution in [3.05, 3.63) is 0 Å². The van der Waals surface area contributed by atoms with Gasteiger partial charge in [-0.15, -0.1) is 0 Å². The summed E-state index contributed by atoms with van der Waals surface area (Å²) in [5, 5.41) is 3.15. The second-order valence-corrected chi connectivity index (χ2v) is 3.50. The van der Waals surface area contributed by atoms with E-state index in [0.29, 0.717) is 46.2 Å². The van der Waals surface area contributed by atoms with Gasteiger partial charge in [0.1, 0.15) is 0 Å². The molecule has 0 radical (unpaired) electrons.